The van der Waals surface area contributed by atoms with Gasteiger partial charge in [-0.3, -0.25) is 4.79 Å². The van der Waals surface area contributed by atoms with Gasteiger partial charge in [0.2, 0.25) is 0 Å². The van der Waals surface area contributed by atoms with Gasteiger partial charge in [-0.1, -0.05) is 34.7 Å². The molecule has 0 radical (unpaired) electrons. The average Bonchev–Trinajstić information content (AvgIpc) is 2.39. The van der Waals surface area contributed by atoms with Crippen molar-refractivity contribution in [3.8, 4) is 0 Å². The van der Waals surface area contributed by atoms with Crippen molar-refractivity contribution >= 4 is 28.6 Å². The van der Waals surface area contributed by atoms with Gasteiger partial charge in [-0.25, -0.2) is 4.39 Å². The molecule has 1 aromatic carbocycles. The first kappa shape index (κ1) is 15.7. The largest absolute Gasteiger partial charge is 0.453 e. The van der Waals surface area contributed by atoms with Gasteiger partial charge >= 0.3 is 5.97 Å². The molecule has 3 nitrogen and oxygen atoms in total. The van der Waals surface area contributed by atoms with Gasteiger partial charge in [0.15, 0.2) is 0 Å². The van der Waals surface area contributed by atoms with Crippen LogP contribution in [0.2, 0.25) is 0 Å². The molecule has 20 heavy (non-hydrogen) atoms. The van der Waals surface area contributed by atoms with Gasteiger partial charge in [-0.2, -0.15) is 0 Å². The highest BCUT2D eigenvalue weighted by Gasteiger charge is 2.42. The molecule has 1 heterocycles. The number of esters is 1. The van der Waals surface area contributed by atoms with Crippen LogP contribution >= 0.6 is 22.6 Å². The Morgan fingerprint density at radius 3 is 2.35 bits per heavy atom. The summed E-state index contributed by atoms with van der Waals surface area (Å²) < 4.78 is 18.4. The first-order chi connectivity index (χ1) is 9.33. The predicted octanol–water partition coefficient (Wildman–Crippen LogP) is 2.13. The van der Waals surface area contributed by atoms with E-state index in [1.807, 2.05) is 13.8 Å². The molecule has 0 atom stereocenters. The van der Waals surface area contributed by atoms with E-state index in [0.29, 0.717) is 0 Å². The summed E-state index contributed by atoms with van der Waals surface area (Å²) in [6.07, 6.45) is 1.52. The smallest absolute Gasteiger partial charge is 0.322 e. The highest BCUT2D eigenvalue weighted by Crippen LogP contribution is 2.36. The highest BCUT2D eigenvalue weighted by molar-refractivity contribution is 14.1. The average molecular weight is 392 g/mol. The Hall–Kier alpha value is -0.690. The van der Waals surface area contributed by atoms with Crippen molar-refractivity contribution in [3.63, 3.8) is 0 Å². The lowest BCUT2D eigenvalue weighted by Crippen LogP contribution is -2.87. The minimum atomic E-state index is -0.609. The molecule has 110 valence electrons. The molecule has 0 amide bonds. The number of ether oxygens (including phenoxy) is 1. The van der Waals surface area contributed by atoms with Crippen LogP contribution in [-0.4, -0.2) is 22.5 Å². The SMILES string of the molecule is CC(C)(I)C(=O)OC1(c2ccc(F)cc2)CC[NH2+]CC1. The van der Waals surface area contributed by atoms with Crippen LogP contribution in [0.1, 0.15) is 32.3 Å². The lowest BCUT2D eigenvalue weighted by molar-refractivity contribution is -0.668. The summed E-state index contributed by atoms with van der Waals surface area (Å²) in [4.78, 5) is 12.3. The van der Waals surface area contributed by atoms with Crippen LogP contribution in [0.5, 0.6) is 0 Å². The molecule has 0 unspecified atom stereocenters. The van der Waals surface area contributed by atoms with E-state index in [9.17, 15) is 9.18 Å². The zero-order valence-electron chi connectivity index (χ0n) is 11.8. The zero-order valence-corrected chi connectivity index (χ0v) is 13.9. The number of nitrogens with two attached hydrogens (primary N) is 1. The van der Waals surface area contributed by atoms with Crippen molar-refractivity contribution in [2.24, 2.45) is 0 Å². The maximum atomic E-state index is 13.1. The van der Waals surface area contributed by atoms with Crippen molar-refractivity contribution < 1.29 is 19.2 Å². The summed E-state index contributed by atoms with van der Waals surface area (Å²) in [7, 11) is 0. The number of benzene rings is 1. The molecule has 1 fully saturated rings. The van der Waals surface area contributed by atoms with Gasteiger partial charge in [-0.05, 0) is 31.5 Å². The minimum absolute atomic E-state index is 0.218. The van der Waals surface area contributed by atoms with Crippen molar-refractivity contribution in [2.75, 3.05) is 13.1 Å². The topological polar surface area (TPSA) is 42.9 Å². The number of hydrogen-bond donors (Lipinski definition) is 1. The van der Waals surface area contributed by atoms with Gasteiger partial charge in [-0.15, -0.1) is 0 Å². The molecule has 0 aromatic heterocycles. The number of hydrogen-bond acceptors (Lipinski definition) is 2. The van der Waals surface area contributed by atoms with Crippen molar-refractivity contribution in [2.45, 2.75) is 35.7 Å². The number of quaternary nitrogens is 1. The van der Waals surface area contributed by atoms with E-state index in [0.717, 1.165) is 31.5 Å². The van der Waals surface area contributed by atoms with Crippen LogP contribution in [0.4, 0.5) is 4.39 Å². The molecule has 0 bridgehead atoms. The Morgan fingerprint density at radius 1 is 1.30 bits per heavy atom. The molecule has 5 heteroatoms. The van der Waals surface area contributed by atoms with Gasteiger partial charge in [0.05, 0.1) is 13.1 Å². The Morgan fingerprint density at radius 2 is 1.85 bits per heavy atom. The second-order valence-corrected chi connectivity index (χ2v) is 8.43. The number of rotatable bonds is 3. The number of alkyl halides is 1. The van der Waals surface area contributed by atoms with E-state index in [1.165, 1.54) is 12.1 Å². The summed E-state index contributed by atoms with van der Waals surface area (Å²) in [6.45, 7) is 5.49. The third kappa shape index (κ3) is 3.49. The molecule has 1 aliphatic heterocycles. The normalized spacial score (nSPS) is 18.6. The second-order valence-electron chi connectivity index (χ2n) is 5.73. The fourth-order valence-corrected chi connectivity index (χ4v) is 2.55. The first-order valence-corrected chi connectivity index (χ1v) is 7.91. The molecular weight excluding hydrogens is 372 g/mol. The molecular formula is C15H20FINO2+. The zero-order chi connectivity index (χ0) is 14.8. The maximum absolute atomic E-state index is 13.1. The Balaban J connectivity index is 2.30. The number of piperidine rings is 1. The van der Waals surface area contributed by atoms with Gasteiger partial charge in [0.25, 0.3) is 0 Å². The van der Waals surface area contributed by atoms with Crippen LogP contribution in [-0.2, 0) is 15.1 Å². The molecule has 1 saturated heterocycles. The van der Waals surface area contributed by atoms with Crippen LogP contribution < -0.4 is 5.32 Å². The molecule has 1 aromatic rings. The van der Waals surface area contributed by atoms with E-state index in [2.05, 4.69) is 27.9 Å². The van der Waals surface area contributed by atoms with E-state index >= 15 is 0 Å². The van der Waals surface area contributed by atoms with Crippen LogP contribution in [0, 0.1) is 5.82 Å². The van der Waals surface area contributed by atoms with Crippen molar-refractivity contribution in [1.82, 2.24) is 0 Å². The molecule has 2 rings (SSSR count). The lowest BCUT2D eigenvalue weighted by atomic mass is 9.84. The van der Waals surface area contributed by atoms with E-state index < -0.39 is 9.02 Å². The Labute approximate surface area is 132 Å². The number of carbonyl (C=O) groups is 1. The number of carbonyl (C=O) groups excluding carboxylic acids is 1. The second kappa shape index (κ2) is 5.97. The van der Waals surface area contributed by atoms with Crippen molar-refractivity contribution in [3.05, 3.63) is 35.6 Å². The monoisotopic (exact) mass is 392 g/mol. The van der Waals surface area contributed by atoms with Crippen LogP contribution in [0.25, 0.3) is 0 Å². The lowest BCUT2D eigenvalue weighted by Gasteiger charge is -2.37. The van der Waals surface area contributed by atoms with Gasteiger partial charge < -0.3 is 10.1 Å². The summed E-state index contributed by atoms with van der Waals surface area (Å²) in [5.41, 5.74) is 0.281. The van der Waals surface area contributed by atoms with Gasteiger partial charge in [0.1, 0.15) is 14.8 Å². The van der Waals surface area contributed by atoms with Crippen molar-refractivity contribution in [1.29, 1.82) is 0 Å². The van der Waals surface area contributed by atoms with E-state index in [-0.39, 0.29) is 11.8 Å². The summed E-state index contributed by atoms with van der Waals surface area (Å²) in [5.74, 6) is -0.490. The number of halogens is 2. The summed E-state index contributed by atoms with van der Waals surface area (Å²) in [5, 5.41) is 2.21. The summed E-state index contributed by atoms with van der Waals surface area (Å²) >= 11 is 2.09. The van der Waals surface area contributed by atoms with E-state index in [1.54, 1.807) is 12.1 Å². The fourth-order valence-electron chi connectivity index (χ4n) is 2.44. The molecule has 1 aliphatic rings. The predicted molar refractivity (Wildman–Crippen MR) is 83.2 cm³/mol. The molecule has 0 saturated carbocycles. The van der Waals surface area contributed by atoms with Crippen LogP contribution in [0.15, 0.2) is 24.3 Å². The molecule has 2 N–H and O–H groups in total. The Kier molecular flexibility index (Phi) is 4.69. The third-order valence-electron chi connectivity index (χ3n) is 3.65. The van der Waals surface area contributed by atoms with E-state index in [4.69, 9.17) is 4.74 Å². The molecule has 0 aliphatic carbocycles. The standard InChI is InChI=1S/C15H19FINO2/c1-14(2,17)13(19)20-15(7-9-18-10-8-15)11-3-5-12(16)6-4-11/h3-6,18H,7-10H2,1-2H3/p+1. The Bertz CT molecular complexity index is 476. The van der Waals surface area contributed by atoms with Gasteiger partial charge in [0, 0.05) is 12.8 Å². The first-order valence-electron chi connectivity index (χ1n) is 6.84. The quantitative estimate of drug-likeness (QED) is 0.487. The van der Waals surface area contributed by atoms with Crippen LogP contribution in [0.3, 0.4) is 0 Å². The molecule has 0 spiro atoms. The third-order valence-corrected chi connectivity index (χ3v) is 4.09. The summed E-state index contributed by atoms with van der Waals surface area (Å²) in [6, 6.07) is 6.32. The fraction of sp³-hybridized carbons (Fsp3) is 0.533. The minimum Gasteiger partial charge on any atom is -0.453 e. The highest BCUT2D eigenvalue weighted by atomic mass is 127. The maximum Gasteiger partial charge on any atom is 0.322 e.